The Labute approximate surface area is 162 Å². The van der Waals surface area contributed by atoms with Gasteiger partial charge in [-0.1, -0.05) is 25.3 Å². The van der Waals surface area contributed by atoms with Crippen molar-refractivity contribution in [3.05, 3.63) is 23.8 Å². The highest BCUT2D eigenvalue weighted by atomic mass is 16.5. The van der Waals surface area contributed by atoms with E-state index in [-0.39, 0.29) is 12.6 Å². The smallest absolute Gasteiger partial charge is 0.315 e. The van der Waals surface area contributed by atoms with Crippen LogP contribution >= 0.6 is 0 Å². The maximum atomic E-state index is 12.1. The number of piperidine rings is 1. The van der Waals surface area contributed by atoms with Crippen LogP contribution in [0.2, 0.25) is 0 Å². The number of likely N-dealkylation sites (tertiary alicyclic amines) is 1. The Balaban J connectivity index is 1.75. The highest BCUT2D eigenvalue weighted by molar-refractivity contribution is 5.73. The summed E-state index contributed by atoms with van der Waals surface area (Å²) in [5, 5.41) is 5.82. The van der Waals surface area contributed by atoms with E-state index in [4.69, 9.17) is 15.9 Å². The molecule has 1 aliphatic rings. The molecule has 1 atom stereocenters. The number of carbonyl (C=O) groups is 1. The number of nitrogens with zero attached hydrogens (tertiary/aromatic N) is 1. The first-order valence-corrected chi connectivity index (χ1v) is 9.66. The third-order valence-electron chi connectivity index (χ3n) is 4.90. The Morgan fingerprint density at radius 3 is 2.93 bits per heavy atom. The zero-order valence-corrected chi connectivity index (χ0v) is 16.4. The molecule has 6 heteroatoms. The van der Waals surface area contributed by atoms with E-state index in [1.165, 1.54) is 25.7 Å². The van der Waals surface area contributed by atoms with Gasteiger partial charge in [-0.25, -0.2) is 4.79 Å². The maximum Gasteiger partial charge on any atom is 0.315 e. The summed E-state index contributed by atoms with van der Waals surface area (Å²) < 4.78 is 10.7. The van der Waals surface area contributed by atoms with Crippen molar-refractivity contribution in [2.24, 2.45) is 0 Å². The van der Waals surface area contributed by atoms with E-state index in [0.29, 0.717) is 30.6 Å². The summed E-state index contributed by atoms with van der Waals surface area (Å²) >= 11 is 0. The molecule has 0 spiro atoms. The minimum atomic E-state index is -0.165. The molecule has 2 N–H and O–H groups in total. The molecule has 0 radical (unpaired) electrons. The Hall–Kier alpha value is -2.39. The predicted molar refractivity (Wildman–Crippen MR) is 107 cm³/mol. The van der Waals surface area contributed by atoms with E-state index in [9.17, 15) is 4.79 Å². The molecular formula is C21H31N3O3. The summed E-state index contributed by atoms with van der Waals surface area (Å²) in [5.41, 5.74) is 0.917. The van der Waals surface area contributed by atoms with Crippen molar-refractivity contribution < 1.29 is 14.3 Å². The number of carbonyl (C=O) groups excluding carboxylic acids is 1. The number of hydrogen-bond donors (Lipinski definition) is 2. The standard InChI is InChI=1S/C21H31N3O3/c1-4-14-27-20-15-17(9-10-19(20)26-3)16-23-21(25)22-11-13-24-12-7-6-8-18(24)5-2/h1,9-10,15,18H,5-8,11-14,16H2,2-3H3,(H2,22,23,25). The third kappa shape index (κ3) is 6.69. The average molecular weight is 373 g/mol. The van der Waals surface area contributed by atoms with Crippen LogP contribution in [0.25, 0.3) is 0 Å². The van der Waals surface area contributed by atoms with E-state index in [0.717, 1.165) is 18.7 Å². The van der Waals surface area contributed by atoms with Gasteiger partial charge in [-0.05, 0) is 43.5 Å². The topological polar surface area (TPSA) is 62.8 Å². The van der Waals surface area contributed by atoms with Gasteiger partial charge in [0.15, 0.2) is 11.5 Å². The fourth-order valence-corrected chi connectivity index (χ4v) is 3.44. The van der Waals surface area contributed by atoms with Crippen LogP contribution < -0.4 is 20.1 Å². The molecule has 1 fully saturated rings. The van der Waals surface area contributed by atoms with Crippen molar-refractivity contribution in [3.63, 3.8) is 0 Å². The highest BCUT2D eigenvalue weighted by Gasteiger charge is 2.20. The summed E-state index contributed by atoms with van der Waals surface area (Å²) in [7, 11) is 1.58. The molecule has 1 heterocycles. The number of benzene rings is 1. The monoisotopic (exact) mass is 373 g/mol. The molecule has 27 heavy (non-hydrogen) atoms. The molecule has 1 saturated heterocycles. The summed E-state index contributed by atoms with van der Waals surface area (Å²) in [6.07, 6.45) is 10.3. The van der Waals surface area contributed by atoms with Crippen LogP contribution in [0.4, 0.5) is 4.79 Å². The molecule has 0 aliphatic carbocycles. The van der Waals surface area contributed by atoms with Crippen molar-refractivity contribution >= 4 is 6.03 Å². The molecule has 6 nitrogen and oxygen atoms in total. The molecule has 148 valence electrons. The number of nitrogens with one attached hydrogen (secondary N) is 2. The largest absolute Gasteiger partial charge is 0.493 e. The fourth-order valence-electron chi connectivity index (χ4n) is 3.44. The lowest BCUT2D eigenvalue weighted by atomic mass is 10.0. The summed E-state index contributed by atoms with van der Waals surface area (Å²) in [5.74, 6) is 3.62. The summed E-state index contributed by atoms with van der Waals surface area (Å²) in [6.45, 7) is 5.50. The maximum absolute atomic E-state index is 12.1. The van der Waals surface area contributed by atoms with Gasteiger partial charge in [0.05, 0.1) is 7.11 Å². The second-order valence-electron chi connectivity index (χ2n) is 6.68. The molecule has 0 saturated carbocycles. The van der Waals surface area contributed by atoms with Crippen LogP contribution in [0.1, 0.15) is 38.2 Å². The molecule has 2 rings (SSSR count). The number of amides is 2. The molecule has 0 bridgehead atoms. The van der Waals surface area contributed by atoms with Gasteiger partial charge >= 0.3 is 6.03 Å². The molecule has 1 aromatic carbocycles. The minimum absolute atomic E-state index is 0.165. The van der Waals surface area contributed by atoms with Crippen LogP contribution in [0.3, 0.4) is 0 Å². The first kappa shape index (κ1) is 20.9. The first-order valence-electron chi connectivity index (χ1n) is 9.66. The van der Waals surface area contributed by atoms with Crippen LogP contribution in [0.5, 0.6) is 11.5 Å². The molecule has 0 aromatic heterocycles. The minimum Gasteiger partial charge on any atom is -0.493 e. The molecular weight excluding hydrogens is 342 g/mol. The van der Waals surface area contributed by atoms with Gasteiger partial charge in [0.25, 0.3) is 0 Å². The Morgan fingerprint density at radius 1 is 1.33 bits per heavy atom. The number of terminal acetylenes is 1. The Morgan fingerprint density at radius 2 is 2.19 bits per heavy atom. The zero-order valence-electron chi connectivity index (χ0n) is 16.4. The van der Waals surface area contributed by atoms with Gasteiger partial charge in [0, 0.05) is 25.7 Å². The van der Waals surface area contributed by atoms with E-state index >= 15 is 0 Å². The molecule has 1 aliphatic heterocycles. The molecule has 2 amide bonds. The predicted octanol–water partition coefficient (Wildman–Crippen LogP) is 2.77. The second kappa shape index (κ2) is 11.3. The van der Waals surface area contributed by atoms with Crippen molar-refractivity contribution in [2.45, 2.75) is 45.2 Å². The number of ether oxygens (including phenoxy) is 2. The van der Waals surface area contributed by atoms with Crippen molar-refractivity contribution in [1.82, 2.24) is 15.5 Å². The van der Waals surface area contributed by atoms with E-state index in [1.807, 2.05) is 18.2 Å². The number of rotatable bonds is 9. The summed E-state index contributed by atoms with van der Waals surface area (Å²) in [4.78, 5) is 14.6. The van der Waals surface area contributed by atoms with Crippen molar-refractivity contribution in [1.29, 1.82) is 0 Å². The number of methoxy groups -OCH3 is 1. The van der Waals surface area contributed by atoms with Crippen LogP contribution in [0, 0.1) is 12.3 Å². The molecule has 1 unspecified atom stereocenters. The lowest BCUT2D eigenvalue weighted by Gasteiger charge is -2.35. The van der Waals surface area contributed by atoms with E-state index in [1.54, 1.807) is 7.11 Å². The van der Waals surface area contributed by atoms with Gasteiger partial charge in [-0.3, -0.25) is 4.90 Å². The number of hydrogen-bond acceptors (Lipinski definition) is 4. The lowest BCUT2D eigenvalue weighted by molar-refractivity contribution is 0.145. The van der Waals surface area contributed by atoms with Gasteiger partial charge in [-0.2, -0.15) is 0 Å². The average Bonchev–Trinajstić information content (AvgIpc) is 2.71. The number of urea groups is 1. The third-order valence-corrected chi connectivity index (χ3v) is 4.90. The highest BCUT2D eigenvalue weighted by Crippen LogP contribution is 2.28. The van der Waals surface area contributed by atoms with Gasteiger partial charge in [0.1, 0.15) is 6.61 Å². The summed E-state index contributed by atoms with van der Waals surface area (Å²) in [6, 6.07) is 6.02. The van der Waals surface area contributed by atoms with E-state index in [2.05, 4.69) is 28.4 Å². The van der Waals surface area contributed by atoms with Crippen molar-refractivity contribution in [2.75, 3.05) is 33.4 Å². The van der Waals surface area contributed by atoms with Crippen LogP contribution in [0.15, 0.2) is 18.2 Å². The van der Waals surface area contributed by atoms with Gasteiger partial charge in [-0.15, -0.1) is 6.42 Å². The Bertz CT molecular complexity index is 642. The second-order valence-corrected chi connectivity index (χ2v) is 6.68. The lowest BCUT2D eigenvalue weighted by Crippen LogP contribution is -2.45. The normalized spacial score (nSPS) is 17.0. The first-order chi connectivity index (χ1) is 13.2. The van der Waals surface area contributed by atoms with E-state index < -0.39 is 0 Å². The van der Waals surface area contributed by atoms with Crippen molar-refractivity contribution in [3.8, 4) is 23.8 Å². The van der Waals surface area contributed by atoms with Gasteiger partial charge in [0.2, 0.25) is 0 Å². The SMILES string of the molecule is C#CCOc1cc(CNC(=O)NCCN2CCCCC2CC)ccc1OC. The van der Waals surface area contributed by atoms with Crippen LogP contribution in [-0.4, -0.2) is 50.3 Å². The quantitative estimate of drug-likeness (QED) is 0.654. The fraction of sp³-hybridized carbons (Fsp3) is 0.571. The van der Waals surface area contributed by atoms with Crippen LogP contribution in [-0.2, 0) is 6.54 Å². The zero-order chi connectivity index (χ0) is 19.5. The molecule has 1 aromatic rings. The Kier molecular flexibility index (Phi) is 8.79. The van der Waals surface area contributed by atoms with Gasteiger partial charge < -0.3 is 20.1 Å².